The van der Waals surface area contributed by atoms with E-state index >= 15 is 0 Å². The van der Waals surface area contributed by atoms with Gasteiger partial charge in [0, 0.05) is 11.1 Å². The predicted molar refractivity (Wildman–Crippen MR) is 108 cm³/mol. The summed E-state index contributed by atoms with van der Waals surface area (Å²) >= 11 is 0. The summed E-state index contributed by atoms with van der Waals surface area (Å²) in [5, 5.41) is 19.9. The number of carbonyl (C=O) groups excluding carboxylic acids is 3. The predicted octanol–water partition coefficient (Wildman–Crippen LogP) is -0.0316. The minimum atomic E-state index is -1.38. The highest BCUT2D eigenvalue weighted by Gasteiger charge is 2.34. The smallest absolute Gasteiger partial charge is 0.265 e. The molecule has 152 valence electrons. The van der Waals surface area contributed by atoms with Crippen molar-refractivity contribution in [1.82, 2.24) is 5.32 Å². The first-order chi connectivity index (χ1) is 13.8. The molecule has 0 aliphatic carbocycles. The van der Waals surface area contributed by atoms with Crippen molar-refractivity contribution in [3.8, 4) is 0 Å². The molecule has 3 amide bonds. The maximum absolute atomic E-state index is 13.2. The van der Waals surface area contributed by atoms with E-state index in [1.165, 1.54) is 19.1 Å². The first-order valence-electron chi connectivity index (χ1n) is 8.81. The zero-order valence-corrected chi connectivity index (χ0v) is 15.8. The van der Waals surface area contributed by atoms with Crippen molar-refractivity contribution in [3.63, 3.8) is 0 Å². The molecule has 0 bridgehead atoms. The molecule has 9 heteroatoms. The van der Waals surface area contributed by atoms with Crippen molar-refractivity contribution in [3.05, 3.63) is 65.7 Å². The number of nitrogen functional groups attached to an aromatic ring is 1. The Labute approximate surface area is 167 Å². The van der Waals surface area contributed by atoms with Gasteiger partial charge in [-0.2, -0.15) is 0 Å². The van der Waals surface area contributed by atoms with Crippen molar-refractivity contribution < 1.29 is 19.5 Å². The summed E-state index contributed by atoms with van der Waals surface area (Å²) in [6.45, 7) is 0.944. The second-order valence-corrected chi connectivity index (χ2v) is 6.30. The fraction of sp³-hybridized carbons (Fsp3) is 0.200. The molecule has 0 aliphatic heterocycles. The molecule has 7 N–H and O–H groups in total. The minimum Gasteiger partial charge on any atom is -0.391 e. The number of aliphatic hydroxyl groups is 1. The Morgan fingerprint density at radius 2 is 1.72 bits per heavy atom. The number of amidine groups is 1. The first kappa shape index (κ1) is 21.7. The van der Waals surface area contributed by atoms with Gasteiger partial charge in [-0.05, 0) is 31.2 Å². The highest BCUT2D eigenvalue weighted by Crippen LogP contribution is 2.20. The number of carbonyl (C=O) groups is 3. The molecule has 0 radical (unpaired) electrons. The molecule has 2 rings (SSSR count). The molecule has 0 spiro atoms. The van der Waals surface area contributed by atoms with Crippen molar-refractivity contribution in [2.45, 2.75) is 19.1 Å². The quantitative estimate of drug-likeness (QED) is 0.325. The van der Waals surface area contributed by atoms with Crippen LogP contribution in [0.15, 0.2) is 54.6 Å². The normalized spacial score (nSPS) is 12.5. The van der Waals surface area contributed by atoms with Gasteiger partial charge in [0.2, 0.25) is 5.91 Å². The van der Waals surface area contributed by atoms with Gasteiger partial charge in [-0.3, -0.25) is 19.8 Å². The van der Waals surface area contributed by atoms with E-state index in [-0.39, 0.29) is 23.6 Å². The zero-order chi connectivity index (χ0) is 21.6. The molecule has 2 aromatic rings. The number of imide groups is 1. The number of hydrogen-bond acceptors (Lipinski definition) is 6. The van der Waals surface area contributed by atoms with Gasteiger partial charge in [0.25, 0.3) is 11.8 Å². The molecule has 9 nitrogen and oxygen atoms in total. The van der Waals surface area contributed by atoms with Crippen LogP contribution in [0.4, 0.5) is 5.69 Å². The Morgan fingerprint density at radius 3 is 2.28 bits per heavy atom. The third-order valence-corrected chi connectivity index (χ3v) is 4.11. The van der Waals surface area contributed by atoms with Crippen molar-refractivity contribution >= 4 is 29.2 Å². The van der Waals surface area contributed by atoms with Crippen molar-refractivity contribution in [2.75, 3.05) is 11.4 Å². The topological polar surface area (TPSA) is 163 Å². The summed E-state index contributed by atoms with van der Waals surface area (Å²) in [6, 6.07) is 12.7. The number of nitrogens with zero attached hydrogens (tertiary/aromatic N) is 1. The molecule has 0 heterocycles. The van der Waals surface area contributed by atoms with E-state index in [1.807, 2.05) is 0 Å². The van der Waals surface area contributed by atoms with E-state index in [9.17, 15) is 19.5 Å². The molecule has 2 aromatic carbocycles. The van der Waals surface area contributed by atoms with E-state index in [0.29, 0.717) is 5.56 Å². The van der Waals surface area contributed by atoms with Crippen LogP contribution in [0.2, 0.25) is 0 Å². The maximum atomic E-state index is 13.2. The summed E-state index contributed by atoms with van der Waals surface area (Å²) < 4.78 is 0. The summed E-state index contributed by atoms with van der Waals surface area (Å²) in [5.74, 6) is -2.40. The second kappa shape index (κ2) is 9.58. The molecule has 0 aliphatic rings. The fourth-order valence-electron chi connectivity index (χ4n) is 2.63. The highest BCUT2D eigenvalue weighted by atomic mass is 16.3. The summed E-state index contributed by atoms with van der Waals surface area (Å²) in [6.07, 6.45) is -1.28. The minimum absolute atomic E-state index is 0.115. The number of hydrogen-bond donors (Lipinski definition) is 5. The molecule has 29 heavy (non-hydrogen) atoms. The Hall–Kier alpha value is -3.56. The van der Waals surface area contributed by atoms with Crippen LogP contribution in [0, 0.1) is 5.41 Å². The number of nitrogens with two attached hydrogens (primary N) is 2. The monoisotopic (exact) mass is 397 g/mol. The van der Waals surface area contributed by atoms with Crippen LogP contribution in [0.5, 0.6) is 0 Å². The van der Waals surface area contributed by atoms with Crippen LogP contribution in [-0.4, -0.2) is 47.4 Å². The maximum Gasteiger partial charge on any atom is 0.265 e. The summed E-state index contributed by atoms with van der Waals surface area (Å²) in [4.78, 5) is 39.0. The highest BCUT2D eigenvalue weighted by molar-refractivity contribution is 6.23. The number of benzene rings is 2. The van der Waals surface area contributed by atoms with E-state index in [2.05, 4.69) is 5.32 Å². The third-order valence-electron chi connectivity index (χ3n) is 4.11. The Kier molecular flexibility index (Phi) is 7.18. The van der Waals surface area contributed by atoms with Gasteiger partial charge in [-0.1, -0.05) is 30.3 Å². The lowest BCUT2D eigenvalue weighted by Crippen LogP contribution is -2.56. The van der Waals surface area contributed by atoms with Crippen LogP contribution >= 0.6 is 0 Å². The Bertz CT molecular complexity index is 914. The van der Waals surface area contributed by atoms with Crippen LogP contribution in [0.3, 0.4) is 0 Å². The molecule has 0 fully saturated rings. The average Bonchev–Trinajstić information content (AvgIpc) is 2.72. The van der Waals surface area contributed by atoms with E-state index in [1.54, 1.807) is 42.5 Å². The molecule has 0 unspecified atom stereocenters. The van der Waals surface area contributed by atoms with Gasteiger partial charge < -0.3 is 21.9 Å². The standard InChI is InChI=1S/C20H23N5O4/c1-12(26)17(24-16(27)11-21)20(29)25(15-8-3-2-4-9-15)19(28)14-7-5-6-13(10-14)18(22)23/h2-10,12,17,26H,11,21H2,1H3,(H3,22,23)(H,24,27)/t12-,17+/m0/s1. The first-order valence-corrected chi connectivity index (χ1v) is 8.81. The third kappa shape index (κ3) is 5.24. The van der Waals surface area contributed by atoms with Gasteiger partial charge >= 0.3 is 0 Å². The van der Waals surface area contributed by atoms with Crippen molar-refractivity contribution in [2.24, 2.45) is 11.5 Å². The van der Waals surface area contributed by atoms with E-state index < -0.39 is 29.9 Å². The molecule has 0 saturated heterocycles. The van der Waals surface area contributed by atoms with Gasteiger partial charge in [0.05, 0.1) is 18.3 Å². The van der Waals surface area contributed by atoms with Crippen LogP contribution in [0.1, 0.15) is 22.8 Å². The number of aliphatic hydroxyl groups excluding tert-OH is 1. The Balaban J connectivity index is 2.51. The average molecular weight is 397 g/mol. The lowest BCUT2D eigenvalue weighted by molar-refractivity contribution is -0.128. The van der Waals surface area contributed by atoms with Crippen LogP contribution in [-0.2, 0) is 9.59 Å². The fourth-order valence-corrected chi connectivity index (χ4v) is 2.63. The summed E-state index contributed by atoms with van der Waals surface area (Å²) in [5.41, 5.74) is 11.5. The van der Waals surface area contributed by atoms with Crippen LogP contribution in [0.25, 0.3) is 0 Å². The summed E-state index contributed by atoms with van der Waals surface area (Å²) in [7, 11) is 0. The van der Waals surface area contributed by atoms with E-state index in [0.717, 1.165) is 4.90 Å². The molecular weight excluding hydrogens is 374 g/mol. The van der Waals surface area contributed by atoms with Gasteiger partial charge in [-0.25, -0.2) is 4.90 Å². The van der Waals surface area contributed by atoms with Gasteiger partial charge in [0.15, 0.2) is 0 Å². The van der Waals surface area contributed by atoms with Gasteiger partial charge in [0.1, 0.15) is 11.9 Å². The lowest BCUT2D eigenvalue weighted by Gasteiger charge is -2.28. The Morgan fingerprint density at radius 1 is 1.10 bits per heavy atom. The van der Waals surface area contributed by atoms with Gasteiger partial charge in [-0.15, -0.1) is 0 Å². The number of anilines is 1. The second-order valence-electron chi connectivity index (χ2n) is 6.30. The molecule has 2 atom stereocenters. The SMILES string of the molecule is C[C@H](O)[C@@H](NC(=O)CN)C(=O)N(C(=O)c1cccc(C(=N)N)c1)c1ccccc1. The molecule has 0 saturated carbocycles. The lowest BCUT2D eigenvalue weighted by atomic mass is 10.1. The largest absolute Gasteiger partial charge is 0.391 e. The molecular formula is C20H23N5O4. The molecule has 0 aromatic heterocycles. The zero-order valence-electron chi connectivity index (χ0n) is 15.8. The van der Waals surface area contributed by atoms with Crippen molar-refractivity contribution in [1.29, 1.82) is 5.41 Å². The number of nitrogens with one attached hydrogen (secondary N) is 2. The van der Waals surface area contributed by atoms with E-state index in [4.69, 9.17) is 16.9 Å². The number of amides is 3. The number of para-hydroxylation sites is 1. The van der Waals surface area contributed by atoms with Crippen LogP contribution < -0.4 is 21.7 Å². The number of rotatable bonds is 7.